The van der Waals surface area contributed by atoms with Crippen LogP contribution >= 0.6 is 0 Å². The lowest BCUT2D eigenvalue weighted by atomic mass is 10.00. The average molecular weight is 186 g/mol. The monoisotopic (exact) mass is 186 g/mol. The molecule has 1 rings (SSSR count). The molecule has 13 heavy (non-hydrogen) atoms. The van der Waals surface area contributed by atoms with E-state index in [2.05, 4.69) is 24.3 Å². The minimum absolute atomic E-state index is 0.667. The smallest absolute Gasteiger partial charge is 0.0601 e. The highest BCUT2D eigenvalue weighted by atomic mass is 16.5. The number of nitrogens with one attached hydrogen (secondary N) is 1. The molecule has 2 unspecified atom stereocenters. The molecular formula is C10H22N2O. The van der Waals surface area contributed by atoms with Gasteiger partial charge in [0.25, 0.3) is 0 Å². The third-order valence-corrected chi connectivity index (χ3v) is 2.79. The number of hydrazine groups is 1. The molecular weight excluding hydrogens is 164 g/mol. The Kier molecular flexibility index (Phi) is 4.70. The van der Waals surface area contributed by atoms with Crippen LogP contribution in [0.5, 0.6) is 0 Å². The van der Waals surface area contributed by atoms with Crippen molar-refractivity contribution in [2.45, 2.75) is 45.2 Å². The quantitative estimate of drug-likeness (QED) is 0.672. The SMILES string of the molecule is COCCNN1C(C)CCCC1C. The second-order valence-corrected chi connectivity index (χ2v) is 3.94. The third-order valence-electron chi connectivity index (χ3n) is 2.79. The highest BCUT2D eigenvalue weighted by Crippen LogP contribution is 2.19. The van der Waals surface area contributed by atoms with Crippen LogP contribution in [-0.4, -0.2) is 37.4 Å². The van der Waals surface area contributed by atoms with Crippen LogP contribution in [-0.2, 0) is 4.74 Å². The lowest BCUT2D eigenvalue weighted by Gasteiger charge is -2.39. The standard InChI is InChI=1S/C10H22N2O/c1-9-5-4-6-10(2)12(9)11-7-8-13-3/h9-11H,4-8H2,1-3H3. The normalized spacial score (nSPS) is 30.7. The first-order valence-corrected chi connectivity index (χ1v) is 5.26. The summed E-state index contributed by atoms with van der Waals surface area (Å²) in [6, 6.07) is 1.33. The fraction of sp³-hybridized carbons (Fsp3) is 1.00. The summed E-state index contributed by atoms with van der Waals surface area (Å²) < 4.78 is 5.01. The molecule has 0 radical (unpaired) electrons. The molecule has 3 heteroatoms. The van der Waals surface area contributed by atoms with Crippen molar-refractivity contribution < 1.29 is 4.74 Å². The molecule has 1 saturated heterocycles. The molecule has 0 aromatic heterocycles. The Labute approximate surface area is 81.4 Å². The van der Waals surface area contributed by atoms with E-state index < -0.39 is 0 Å². The van der Waals surface area contributed by atoms with Crippen molar-refractivity contribution in [1.82, 2.24) is 10.4 Å². The molecule has 0 bridgehead atoms. The van der Waals surface area contributed by atoms with Crippen LogP contribution in [0.4, 0.5) is 0 Å². The van der Waals surface area contributed by atoms with E-state index in [1.54, 1.807) is 7.11 Å². The second kappa shape index (κ2) is 5.58. The van der Waals surface area contributed by atoms with Crippen molar-refractivity contribution in [3.05, 3.63) is 0 Å². The van der Waals surface area contributed by atoms with Gasteiger partial charge in [0.1, 0.15) is 0 Å². The summed E-state index contributed by atoms with van der Waals surface area (Å²) in [5.41, 5.74) is 3.43. The number of ether oxygens (including phenoxy) is 1. The van der Waals surface area contributed by atoms with Gasteiger partial charge in [0.15, 0.2) is 0 Å². The van der Waals surface area contributed by atoms with Crippen LogP contribution in [0.15, 0.2) is 0 Å². The van der Waals surface area contributed by atoms with Crippen LogP contribution in [0.25, 0.3) is 0 Å². The Morgan fingerprint density at radius 3 is 2.46 bits per heavy atom. The first kappa shape index (κ1) is 11.0. The first-order valence-electron chi connectivity index (χ1n) is 5.26. The van der Waals surface area contributed by atoms with E-state index in [0.717, 1.165) is 13.2 Å². The van der Waals surface area contributed by atoms with Gasteiger partial charge < -0.3 is 4.74 Å². The summed E-state index contributed by atoms with van der Waals surface area (Å²) in [6.07, 6.45) is 3.99. The van der Waals surface area contributed by atoms with Crippen LogP contribution in [0.2, 0.25) is 0 Å². The van der Waals surface area contributed by atoms with Crippen molar-refractivity contribution in [2.24, 2.45) is 0 Å². The van der Waals surface area contributed by atoms with Gasteiger partial charge in [0, 0.05) is 25.7 Å². The van der Waals surface area contributed by atoms with Crippen molar-refractivity contribution >= 4 is 0 Å². The topological polar surface area (TPSA) is 24.5 Å². The fourth-order valence-electron chi connectivity index (χ4n) is 2.01. The van der Waals surface area contributed by atoms with E-state index in [-0.39, 0.29) is 0 Å². The average Bonchev–Trinajstić information content (AvgIpc) is 2.10. The van der Waals surface area contributed by atoms with Gasteiger partial charge in [-0.15, -0.1) is 0 Å². The number of piperidine rings is 1. The Morgan fingerprint density at radius 1 is 1.31 bits per heavy atom. The van der Waals surface area contributed by atoms with Gasteiger partial charge in [-0.05, 0) is 26.7 Å². The number of methoxy groups -OCH3 is 1. The third kappa shape index (κ3) is 3.25. The fourth-order valence-corrected chi connectivity index (χ4v) is 2.01. The highest BCUT2D eigenvalue weighted by Gasteiger charge is 2.23. The molecule has 0 saturated carbocycles. The maximum Gasteiger partial charge on any atom is 0.0601 e. The summed E-state index contributed by atoms with van der Waals surface area (Å²) in [5.74, 6) is 0. The Bertz CT molecular complexity index is 131. The van der Waals surface area contributed by atoms with Crippen LogP contribution in [0.3, 0.4) is 0 Å². The maximum absolute atomic E-state index is 5.01. The van der Waals surface area contributed by atoms with Gasteiger partial charge in [0.05, 0.1) is 6.61 Å². The number of hydrogen-bond acceptors (Lipinski definition) is 3. The zero-order valence-corrected chi connectivity index (χ0v) is 9.05. The van der Waals surface area contributed by atoms with Gasteiger partial charge in [0.2, 0.25) is 0 Å². The number of hydrogen-bond donors (Lipinski definition) is 1. The largest absolute Gasteiger partial charge is 0.383 e. The summed E-state index contributed by atoms with van der Waals surface area (Å²) in [7, 11) is 1.74. The summed E-state index contributed by atoms with van der Waals surface area (Å²) >= 11 is 0. The van der Waals surface area contributed by atoms with Crippen molar-refractivity contribution in [3.63, 3.8) is 0 Å². The lowest BCUT2D eigenvalue weighted by molar-refractivity contribution is 0.0364. The molecule has 1 fully saturated rings. The van der Waals surface area contributed by atoms with Gasteiger partial charge in [-0.25, -0.2) is 5.01 Å². The molecule has 1 aliphatic heterocycles. The van der Waals surface area contributed by atoms with E-state index in [4.69, 9.17) is 4.74 Å². The zero-order chi connectivity index (χ0) is 9.68. The molecule has 0 aromatic carbocycles. The molecule has 0 aliphatic carbocycles. The van der Waals surface area contributed by atoms with Crippen LogP contribution in [0.1, 0.15) is 33.1 Å². The molecule has 0 spiro atoms. The first-order chi connectivity index (χ1) is 6.25. The van der Waals surface area contributed by atoms with E-state index >= 15 is 0 Å². The molecule has 0 aromatic rings. The Morgan fingerprint density at radius 2 is 1.92 bits per heavy atom. The van der Waals surface area contributed by atoms with Crippen LogP contribution < -0.4 is 5.43 Å². The number of rotatable bonds is 4. The van der Waals surface area contributed by atoms with Crippen LogP contribution in [0, 0.1) is 0 Å². The van der Waals surface area contributed by atoms with Gasteiger partial charge in [-0.1, -0.05) is 6.42 Å². The Balaban J connectivity index is 2.26. The van der Waals surface area contributed by atoms with Crippen molar-refractivity contribution in [1.29, 1.82) is 0 Å². The van der Waals surface area contributed by atoms with Crippen molar-refractivity contribution in [2.75, 3.05) is 20.3 Å². The minimum atomic E-state index is 0.667. The predicted octanol–water partition coefficient (Wildman–Crippen LogP) is 1.40. The summed E-state index contributed by atoms with van der Waals surface area (Å²) in [4.78, 5) is 0. The number of nitrogens with zero attached hydrogens (tertiary/aromatic N) is 1. The minimum Gasteiger partial charge on any atom is -0.383 e. The molecule has 1 N–H and O–H groups in total. The predicted molar refractivity (Wildman–Crippen MR) is 54.5 cm³/mol. The van der Waals surface area contributed by atoms with Crippen molar-refractivity contribution in [3.8, 4) is 0 Å². The lowest BCUT2D eigenvalue weighted by Crippen LogP contribution is -2.52. The van der Waals surface area contributed by atoms with Gasteiger partial charge in [-0.3, -0.25) is 5.43 Å². The van der Waals surface area contributed by atoms with E-state index in [1.807, 2.05) is 0 Å². The molecule has 1 aliphatic rings. The maximum atomic E-state index is 5.01. The highest BCUT2D eigenvalue weighted by molar-refractivity contribution is 4.76. The summed E-state index contributed by atoms with van der Waals surface area (Å²) in [6.45, 7) is 6.28. The zero-order valence-electron chi connectivity index (χ0n) is 9.05. The molecule has 3 nitrogen and oxygen atoms in total. The molecule has 1 heterocycles. The van der Waals surface area contributed by atoms with E-state index in [9.17, 15) is 0 Å². The molecule has 2 atom stereocenters. The molecule has 0 amide bonds. The van der Waals surface area contributed by atoms with Gasteiger partial charge in [-0.2, -0.15) is 0 Å². The Hall–Kier alpha value is -0.120. The summed E-state index contributed by atoms with van der Waals surface area (Å²) in [5, 5.41) is 2.38. The molecule has 78 valence electrons. The second-order valence-electron chi connectivity index (χ2n) is 3.94. The van der Waals surface area contributed by atoms with E-state index in [0.29, 0.717) is 12.1 Å². The van der Waals surface area contributed by atoms with Gasteiger partial charge >= 0.3 is 0 Å². The van der Waals surface area contributed by atoms with E-state index in [1.165, 1.54) is 19.3 Å².